The molecule has 28 atom stereocenters. The lowest BCUT2D eigenvalue weighted by molar-refractivity contribution is -0.382. The Hall–Kier alpha value is -4.75. The van der Waals surface area contributed by atoms with Gasteiger partial charge >= 0.3 is 17.9 Å². The van der Waals surface area contributed by atoms with E-state index in [1.54, 1.807) is 0 Å². The third kappa shape index (κ3) is 16.2. The third-order valence-electron chi connectivity index (χ3n) is 15.0. The van der Waals surface area contributed by atoms with Crippen LogP contribution in [0.5, 0.6) is 0 Å². The molecular formula is C47H76N4O36. The molecule has 5 aliphatic rings. The van der Waals surface area contributed by atoms with Crippen LogP contribution in [0.15, 0.2) is 0 Å². The monoisotopic (exact) mass is 1270 g/mol. The van der Waals surface area contributed by atoms with Crippen LogP contribution >= 0.6 is 0 Å². The summed E-state index contributed by atoms with van der Waals surface area (Å²) in [6.07, 6.45) is -51.8. The maximum atomic E-state index is 13.3. The molecule has 5 saturated heterocycles. The Morgan fingerprint density at radius 2 is 0.943 bits per heavy atom. The van der Waals surface area contributed by atoms with Crippen LogP contribution < -0.4 is 21.3 Å². The summed E-state index contributed by atoms with van der Waals surface area (Å²) in [5.41, 5.74) is 0. The molecule has 0 bridgehead atoms. The zero-order chi connectivity index (χ0) is 65.5. The minimum atomic E-state index is -3.35. The van der Waals surface area contributed by atoms with Crippen molar-refractivity contribution in [3.63, 3.8) is 0 Å². The van der Waals surface area contributed by atoms with E-state index in [4.69, 9.17) is 42.6 Å². The summed E-state index contributed by atoms with van der Waals surface area (Å²) in [4.78, 5) is 88.7. The van der Waals surface area contributed by atoms with Gasteiger partial charge in [0.1, 0.15) is 110 Å². The molecule has 0 aromatic rings. The molecule has 0 radical (unpaired) electrons. The van der Waals surface area contributed by atoms with Crippen LogP contribution in [0.25, 0.3) is 0 Å². The summed E-state index contributed by atoms with van der Waals surface area (Å²) in [5, 5.41) is 224. The summed E-state index contributed by atoms with van der Waals surface area (Å²) in [6.45, 7) is -4.97. The Kier molecular flexibility index (Phi) is 25.5. The number of carboxylic acids is 3. The van der Waals surface area contributed by atoms with Crippen molar-refractivity contribution < 1.29 is 178 Å². The lowest BCUT2D eigenvalue weighted by Crippen LogP contribution is -2.71. The summed E-state index contributed by atoms with van der Waals surface area (Å²) in [7, 11) is 0. The van der Waals surface area contributed by atoms with E-state index < -0.39 is 271 Å². The smallest absolute Gasteiger partial charge is 0.364 e. The summed E-state index contributed by atoms with van der Waals surface area (Å²) >= 11 is 0. The van der Waals surface area contributed by atoms with Gasteiger partial charge in [0.15, 0.2) is 12.6 Å². The van der Waals surface area contributed by atoms with Gasteiger partial charge in [0.05, 0.1) is 69.5 Å². The fourth-order valence-electron chi connectivity index (χ4n) is 10.6. The fraction of sp³-hybridized carbons (Fsp3) is 0.851. The van der Waals surface area contributed by atoms with Gasteiger partial charge in [-0.2, -0.15) is 0 Å². The maximum absolute atomic E-state index is 13.3. The van der Waals surface area contributed by atoms with Gasteiger partial charge in [0, 0.05) is 40.0 Å². The first kappa shape index (κ1) is 73.0. The van der Waals surface area contributed by atoms with Gasteiger partial charge in [-0.3, -0.25) is 19.2 Å². The largest absolute Gasteiger partial charge is 0.477 e. The molecule has 0 aromatic carbocycles. The molecule has 5 heterocycles. The maximum Gasteiger partial charge on any atom is 0.364 e. The van der Waals surface area contributed by atoms with E-state index in [0.717, 1.165) is 20.8 Å². The number of nitrogens with one attached hydrogen (secondary N) is 4. The highest BCUT2D eigenvalue weighted by Gasteiger charge is 2.63. The van der Waals surface area contributed by atoms with E-state index in [9.17, 15) is 136 Å². The van der Waals surface area contributed by atoms with Crippen LogP contribution in [-0.4, -0.2) is 353 Å². The van der Waals surface area contributed by atoms with Crippen LogP contribution in [0.3, 0.4) is 0 Å². The first-order valence-corrected chi connectivity index (χ1v) is 26.6. The van der Waals surface area contributed by atoms with Crippen molar-refractivity contribution in [3.8, 4) is 0 Å². The SMILES string of the molecule is CC(=O)N[C@@H]1[C@@H](O[C@@H]2O[C@H](CO)[C@H](O)[C@H](O[C@]3(C(=O)O)C[C@H](O)[C@@H](NC(C)=O)[C@H]([C@H](O)[C@H](O)CO)O3)[C@H]2O)[C@@H](O)[C@@H](CO[C@]2(C(=O)O)C[C@H](O)[C@@H](NC(C)=O)[C@H]([C@H](O)[C@@H](CO)O[C@]3(C(=O)O)C[C@H](O)[C@@H](NC(=O)CO)[C@H]([C@H](O)[C@H](O)CO)O3)O2)O[C@@H]1O. The molecule has 40 heteroatoms. The van der Waals surface area contributed by atoms with Crippen molar-refractivity contribution >= 4 is 41.5 Å². The Bertz CT molecular complexity index is 2370. The number of carbonyl (C=O) groups excluding carboxylic acids is 4. The molecule has 500 valence electrons. The number of rotatable bonds is 27. The predicted molar refractivity (Wildman–Crippen MR) is 266 cm³/mol. The van der Waals surface area contributed by atoms with Gasteiger partial charge < -0.3 is 166 Å². The Morgan fingerprint density at radius 1 is 0.517 bits per heavy atom. The topological polar surface area (TPSA) is 655 Å². The normalized spacial score (nSPS) is 40.3. The summed E-state index contributed by atoms with van der Waals surface area (Å²) < 4.78 is 50.7. The van der Waals surface area contributed by atoms with Crippen molar-refractivity contribution in [2.75, 3.05) is 39.6 Å². The second-order valence-corrected chi connectivity index (χ2v) is 21.2. The number of ether oxygens (including phenoxy) is 9. The molecule has 4 amide bonds. The zero-order valence-electron chi connectivity index (χ0n) is 46.3. The molecule has 0 spiro atoms. The van der Waals surface area contributed by atoms with Gasteiger partial charge in [0.25, 0.3) is 17.4 Å². The number of amides is 4. The number of hydrogen-bond donors (Lipinski definition) is 24. The average Bonchev–Trinajstić information content (AvgIpc) is 1.16. The standard InChI is InChI=1S/C47H76N4O36/c1-13(57)48-25-17(61)6-47(44(77)78,86-36(25)29(66)19(63)7-52)87-39-31(68)21(9-54)81-41(34(39)71)82-35-28(50-15(3)59)40(72)80-23(33(35)70)12-79-45(42(73)74)4-16(60)26(49-14(2)58)38(84-45)32(69)22(10-55)83-46(43(75)76)5-18(62)27(51-24(65)11-56)37(85-46)30(67)20(64)8-53/h16-23,25-41,52-56,60-64,66-72H,4-12H2,1-3H3,(H,48,57)(H,49,58)(H,50,59)(H,51,65)(H,73,74)(H,75,76)(H,77,78)/t16-,17-,18-,19+,20+,21+,22+,23+,25+,26+,27+,28+,29+,30+,31-,32+,33-,34+,35+,36+,37+,38+,39-,40-,41-,45+,46+,47-/m0/s1. The lowest BCUT2D eigenvalue weighted by atomic mass is 9.87. The fourth-order valence-corrected chi connectivity index (χ4v) is 10.6. The number of hydrogen-bond acceptors (Lipinski definition) is 33. The predicted octanol–water partition coefficient (Wildman–Crippen LogP) is -14.8. The molecule has 40 nitrogen and oxygen atoms in total. The van der Waals surface area contributed by atoms with Crippen molar-refractivity contribution in [3.05, 3.63) is 0 Å². The van der Waals surface area contributed by atoms with Gasteiger partial charge in [-0.15, -0.1) is 0 Å². The molecule has 5 rings (SSSR count). The minimum Gasteiger partial charge on any atom is -0.477 e. The second kappa shape index (κ2) is 30.4. The third-order valence-corrected chi connectivity index (χ3v) is 15.0. The van der Waals surface area contributed by atoms with E-state index in [2.05, 4.69) is 16.0 Å². The van der Waals surface area contributed by atoms with Crippen molar-refractivity contribution in [1.29, 1.82) is 0 Å². The highest BCUT2D eigenvalue weighted by Crippen LogP contribution is 2.41. The quantitative estimate of drug-likeness (QED) is 0.0363. The van der Waals surface area contributed by atoms with Crippen LogP contribution in [0.1, 0.15) is 40.0 Å². The molecule has 0 saturated carbocycles. The molecule has 5 fully saturated rings. The Labute approximate surface area is 490 Å². The lowest BCUT2D eigenvalue weighted by Gasteiger charge is -2.51. The van der Waals surface area contributed by atoms with E-state index in [1.165, 1.54) is 0 Å². The van der Waals surface area contributed by atoms with Gasteiger partial charge in [-0.25, -0.2) is 14.4 Å². The number of carbonyl (C=O) groups is 7. The Morgan fingerprint density at radius 3 is 1.39 bits per heavy atom. The summed E-state index contributed by atoms with van der Waals surface area (Å²) in [5.74, 6) is -20.6. The number of aliphatic hydroxyl groups excluding tert-OH is 17. The van der Waals surface area contributed by atoms with Crippen molar-refractivity contribution in [1.82, 2.24) is 21.3 Å². The van der Waals surface area contributed by atoms with Gasteiger partial charge in [-0.1, -0.05) is 0 Å². The second-order valence-electron chi connectivity index (χ2n) is 21.2. The van der Waals surface area contributed by atoms with Crippen LogP contribution in [0, 0.1) is 0 Å². The molecule has 0 unspecified atom stereocenters. The van der Waals surface area contributed by atoms with E-state index >= 15 is 0 Å². The van der Waals surface area contributed by atoms with Crippen molar-refractivity contribution in [2.45, 2.75) is 210 Å². The molecule has 0 aliphatic carbocycles. The van der Waals surface area contributed by atoms with E-state index in [1.807, 2.05) is 5.32 Å². The van der Waals surface area contributed by atoms with Gasteiger partial charge in [-0.05, 0) is 0 Å². The van der Waals surface area contributed by atoms with Crippen LogP contribution in [-0.2, 0) is 76.2 Å². The number of aliphatic carboxylic acids is 3. The number of carboxylic acid groups (broad SMARTS) is 3. The first-order valence-electron chi connectivity index (χ1n) is 26.6. The van der Waals surface area contributed by atoms with E-state index in [0.29, 0.717) is 0 Å². The van der Waals surface area contributed by atoms with Gasteiger partial charge in [0.2, 0.25) is 23.6 Å². The highest BCUT2D eigenvalue weighted by atomic mass is 16.8. The average molecular weight is 1270 g/mol. The van der Waals surface area contributed by atoms with Crippen LogP contribution in [0.4, 0.5) is 0 Å². The molecular weight excluding hydrogens is 1200 g/mol. The first-order chi connectivity index (χ1) is 40.6. The zero-order valence-corrected chi connectivity index (χ0v) is 46.3. The molecule has 5 aliphatic heterocycles. The van der Waals surface area contributed by atoms with E-state index in [-0.39, 0.29) is 0 Å². The minimum absolute atomic E-state index is 0.866. The molecule has 24 N–H and O–H groups in total. The van der Waals surface area contributed by atoms with Crippen LogP contribution in [0.2, 0.25) is 0 Å². The Balaban J connectivity index is 1.47. The molecule has 87 heavy (non-hydrogen) atoms. The number of aliphatic hydroxyl groups is 17. The highest BCUT2D eigenvalue weighted by molar-refractivity contribution is 5.79. The summed E-state index contributed by atoms with van der Waals surface area (Å²) in [6, 6.07) is -7.52. The molecule has 0 aromatic heterocycles. The van der Waals surface area contributed by atoms with Crippen molar-refractivity contribution in [2.24, 2.45) is 0 Å².